The molecule has 2 saturated heterocycles. The van der Waals surface area contributed by atoms with Crippen LogP contribution in [0.15, 0.2) is 18.2 Å². The van der Waals surface area contributed by atoms with Crippen molar-refractivity contribution in [3.8, 4) is 0 Å². The number of nitrogens with one attached hydrogen (secondary N) is 1. The zero-order valence-electron chi connectivity index (χ0n) is 12.7. The van der Waals surface area contributed by atoms with Crippen molar-refractivity contribution in [3.05, 3.63) is 34.9 Å². The fourth-order valence-corrected chi connectivity index (χ4v) is 3.42. The first-order valence-corrected chi connectivity index (χ1v) is 7.85. The number of ether oxygens (including phenoxy) is 1. The minimum absolute atomic E-state index is 0.357. The highest BCUT2D eigenvalue weighted by molar-refractivity contribution is 5.30. The van der Waals surface area contributed by atoms with E-state index in [1.165, 1.54) is 36.1 Å². The van der Waals surface area contributed by atoms with E-state index in [1.807, 2.05) is 0 Å². The number of hydrogen-bond donors (Lipinski definition) is 1. The number of rotatable bonds is 4. The Morgan fingerprint density at radius 3 is 3.10 bits per heavy atom. The van der Waals surface area contributed by atoms with Gasteiger partial charge in [0.25, 0.3) is 0 Å². The molecule has 3 nitrogen and oxygen atoms in total. The molecule has 0 saturated carbocycles. The Hall–Kier alpha value is -0.900. The van der Waals surface area contributed by atoms with Gasteiger partial charge in [-0.1, -0.05) is 23.8 Å². The van der Waals surface area contributed by atoms with Gasteiger partial charge in [0.15, 0.2) is 0 Å². The molecule has 20 heavy (non-hydrogen) atoms. The summed E-state index contributed by atoms with van der Waals surface area (Å²) in [6, 6.07) is 7.38. The van der Waals surface area contributed by atoms with Gasteiger partial charge in [0.05, 0.1) is 12.7 Å². The van der Waals surface area contributed by atoms with Gasteiger partial charge >= 0.3 is 0 Å². The van der Waals surface area contributed by atoms with Crippen molar-refractivity contribution >= 4 is 0 Å². The van der Waals surface area contributed by atoms with Gasteiger partial charge in [0.2, 0.25) is 0 Å². The molecule has 0 aromatic heterocycles. The first-order valence-electron chi connectivity index (χ1n) is 7.85. The highest BCUT2D eigenvalue weighted by Gasteiger charge is 2.31. The topological polar surface area (TPSA) is 24.5 Å². The Balaban J connectivity index is 1.45. The maximum atomic E-state index is 5.98. The fraction of sp³-hybridized carbons (Fsp3) is 0.647. The van der Waals surface area contributed by atoms with Gasteiger partial charge in [-0.3, -0.25) is 4.90 Å². The van der Waals surface area contributed by atoms with E-state index >= 15 is 0 Å². The predicted molar refractivity (Wildman–Crippen MR) is 82.0 cm³/mol. The highest BCUT2D eigenvalue weighted by atomic mass is 16.5. The van der Waals surface area contributed by atoms with Crippen molar-refractivity contribution < 1.29 is 4.74 Å². The Kier molecular flexibility index (Phi) is 4.39. The van der Waals surface area contributed by atoms with Gasteiger partial charge in [-0.15, -0.1) is 0 Å². The third-order valence-electron chi connectivity index (χ3n) is 4.65. The molecule has 1 N–H and O–H groups in total. The smallest absolute Gasteiger partial charge is 0.0827 e. The number of nitrogens with zero attached hydrogens (tertiary/aromatic N) is 1. The SMILES string of the molecule is Cc1ccc(CNCC2CN3CCCC3CO2)c(C)c1. The normalized spacial score (nSPS) is 26.7. The molecule has 0 amide bonds. The van der Waals surface area contributed by atoms with Crippen LogP contribution in [0.3, 0.4) is 0 Å². The maximum absolute atomic E-state index is 5.98. The van der Waals surface area contributed by atoms with Gasteiger partial charge in [0.1, 0.15) is 0 Å². The van der Waals surface area contributed by atoms with Crippen LogP contribution in [0, 0.1) is 13.8 Å². The molecule has 0 bridgehead atoms. The van der Waals surface area contributed by atoms with Gasteiger partial charge < -0.3 is 10.1 Å². The third-order valence-corrected chi connectivity index (χ3v) is 4.65. The molecule has 0 aliphatic carbocycles. The predicted octanol–water partition coefficient (Wildman–Crippen LogP) is 2.26. The van der Waals surface area contributed by atoms with Crippen molar-refractivity contribution in [2.75, 3.05) is 26.2 Å². The molecule has 3 rings (SSSR count). The van der Waals surface area contributed by atoms with Crippen LogP contribution in [0.5, 0.6) is 0 Å². The summed E-state index contributed by atoms with van der Waals surface area (Å²) in [5, 5.41) is 3.56. The molecule has 0 spiro atoms. The summed E-state index contributed by atoms with van der Waals surface area (Å²) >= 11 is 0. The number of morpholine rings is 1. The monoisotopic (exact) mass is 274 g/mol. The van der Waals surface area contributed by atoms with Crippen LogP contribution in [-0.4, -0.2) is 43.3 Å². The van der Waals surface area contributed by atoms with Crippen molar-refractivity contribution in [1.29, 1.82) is 0 Å². The van der Waals surface area contributed by atoms with E-state index in [0.29, 0.717) is 12.1 Å². The first kappa shape index (κ1) is 14.1. The Bertz CT molecular complexity index is 460. The average molecular weight is 274 g/mol. The molecule has 1 aromatic rings. The maximum Gasteiger partial charge on any atom is 0.0827 e. The molecule has 0 radical (unpaired) electrons. The summed E-state index contributed by atoms with van der Waals surface area (Å²) in [6.07, 6.45) is 3.02. The average Bonchev–Trinajstić information content (AvgIpc) is 2.89. The molecule has 2 fully saturated rings. The number of aryl methyl sites for hydroxylation is 2. The van der Waals surface area contributed by atoms with Crippen molar-refractivity contribution in [2.45, 2.75) is 45.4 Å². The summed E-state index contributed by atoms with van der Waals surface area (Å²) < 4.78 is 5.98. The number of hydrogen-bond acceptors (Lipinski definition) is 3. The first-order chi connectivity index (χ1) is 9.72. The van der Waals surface area contributed by atoms with E-state index in [9.17, 15) is 0 Å². The van der Waals surface area contributed by atoms with E-state index in [4.69, 9.17) is 4.74 Å². The lowest BCUT2D eigenvalue weighted by atomic mass is 10.1. The largest absolute Gasteiger partial charge is 0.374 e. The van der Waals surface area contributed by atoms with Crippen LogP contribution in [0.1, 0.15) is 29.5 Å². The van der Waals surface area contributed by atoms with Gasteiger partial charge in [-0.05, 0) is 44.4 Å². The minimum atomic E-state index is 0.357. The quantitative estimate of drug-likeness (QED) is 0.911. The van der Waals surface area contributed by atoms with E-state index in [2.05, 4.69) is 42.3 Å². The van der Waals surface area contributed by atoms with Gasteiger partial charge in [0, 0.05) is 25.7 Å². The molecule has 110 valence electrons. The third kappa shape index (κ3) is 3.22. The molecule has 2 unspecified atom stereocenters. The standard InChI is InChI=1S/C17H26N2O/c1-13-5-6-15(14(2)8-13)9-18-10-17-11-19-7-3-4-16(19)12-20-17/h5-6,8,16-18H,3-4,7,9-12H2,1-2H3. The molecule has 1 aromatic carbocycles. The van der Waals surface area contributed by atoms with Crippen molar-refractivity contribution in [3.63, 3.8) is 0 Å². The Morgan fingerprint density at radius 1 is 1.35 bits per heavy atom. The van der Waals surface area contributed by atoms with Gasteiger partial charge in [-0.2, -0.15) is 0 Å². The summed E-state index contributed by atoms with van der Waals surface area (Å²) in [5.74, 6) is 0. The zero-order chi connectivity index (χ0) is 13.9. The fourth-order valence-electron chi connectivity index (χ4n) is 3.42. The zero-order valence-corrected chi connectivity index (χ0v) is 12.7. The molecule has 2 aliphatic rings. The molecule has 2 atom stereocenters. The second kappa shape index (κ2) is 6.25. The lowest BCUT2D eigenvalue weighted by Gasteiger charge is -2.35. The van der Waals surface area contributed by atoms with E-state index in [1.54, 1.807) is 0 Å². The molecule has 2 aliphatic heterocycles. The van der Waals surface area contributed by atoms with Crippen LogP contribution >= 0.6 is 0 Å². The number of fused-ring (bicyclic) bond motifs is 1. The lowest BCUT2D eigenvalue weighted by molar-refractivity contribution is -0.0470. The lowest BCUT2D eigenvalue weighted by Crippen LogP contribution is -2.49. The Morgan fingerprint density at radius 2 is 2.25 bits per heavy atom. The van der Waals surface area contributed by atoms with Crippen LogP contribution in [0.25, 0.3) is 0 Å². The van der Waals surface area contributed by atoms with E-state index in [-0.39, 0.29) is 0 Å². The second-order valence-corrected chi connectivity index (χ2v) is 6.31. The van der Waals surface area contributed by atoms with Crippen LogP contribution in [-0.2, 0) is 11.3 Å². The summed E-state index contributed by atoms with van der Waals surface area (Å²) in [6.45, 7) is 9.52. The molecule has 3 heteroatoms. The Labute approximate surface area is 122 Å². The molecular weight excluding hydrogens is 248 g/mol. The van der Waals surface area contributed by atoms with Crippen molar-refractivity contribution in [2.24, 2.45) is 0 Å². The van der Waals surface area contributed by atoms with E-state index in [0.717, 1.165) is 26.2 Å². The summed E-state index contributed by atoms with van der Waals surface area (Å²) in [4.78, 5) is 2.60. The number of benzene rings is 1. The van der Waals surface area contributed by atoms with Crippen molar-refractivity contribution in [1.82, 2.24) is 10.2 Å². The highest BCUT2D eigenvalue weighted by Crippen LogP contribution is 2.22. The van der Waals surface area contributed by atoms with Gasteiger partial charge in [-0.25, -0.2) is 0 Å². The van der Waals surface area contributed by atoms with Crippen LogP contribution in [0.4, 0.5) is 0 Å². The second-order valence-electron chi connectivity index (χ2n) is 6.31. The summed E-state index contributed by atoms with van der Waals surface area (Å²) in [5.41, 5.74) is 4.11. The van der Waals surface area contributed by atoms with Crippen LogP contribution in [0.2, 0.25) is 0 Å². The van der Waals surface area contributed by atoms with E-state index < -0.39 is 0 Å². The minimum Gasteiger partial charge on any atom is -0.374 e. The van der Waals surface area contributed by atoms with Crippen LogP contribution < -0.4 is 5.32 Å². The molecular formula is C17H26N2O. The summed E-state index contributed by atoms with van der Waals surface area (Å²) in [7, 11) is 0. The molecule has 2 heterocycles.